The lowest BCUT2D eigenvalue weighted by Gasteiger charge is -2.35. The summed E-state index contributed by atoms with van der Waals surface area (Å²) in [6, 6.07) is 7.75. The maximum absolute atomic E-state index is 11.7. The highest BCUT2D eigenvalue weighted by atomic mass is 32.1. The van der Waals surface area contributed by atoms with Gasteiger partial charge in [-0.1, -0.05) is 25.1 Å². The molecule has 1 aliphatic rings. The van der Waals surface area contributed by atoms with Crippen LogP contribution in [0.5, 0.6) is 0 Å². The summed E-state index contributed by atoms with van der Waals surface area (Å²) in [7, 11) is 0. The summed E-state index contributed by atoms with van der Waals surface area (Å²) in [5, 5.41) is 0.659. The van der Waals surface area contributed by atoms with Crippen LogP contribution in [0.15, 0.2) is 24.3 Å². The van der Waals surface area contributed by atoms with Crippen molar-refractivity contribution in [1.82, 2.24) is 4.98 Å². The van der Waals surface area contributed by atoms with Crippen molar-refractivity contribution in [2.75, 3.05) is 5.73 Å². The molecule has 3 atom stereocenters. The number of primary amides is 1. The van der Waals surface area contributed by atoms with Crippen molar-refractivity contribution in [2.45, 2.75) is 44.9 Å². The number of nitrogen functional groups attached to an aromatic ring is 1. The molecule has 23 heavy (non-hydrogen) atoms. The van der Waals surface area contributed by atoms with E-state index in [1.54, 1.807) is 11.3 Å². The van der Waals surface area contributed by atoms with E-state index in [2.05, 4.69) is 18.8 Å². The number of nitrogens with two attached hydrogens (primary N) is 2. The third-order valence-corrected chi connectivity index (χ3v) is 5.85. The van der Waals surface area contributed by atoms with Crippen LogP contribution in [0.2, 0.25) is 0 Å². The van der Waals surface area contributed by atoms with Crippen molar-refractivity contribution in [3.8, 4) is 0 Å². The SMILES string of the molecule is Cc1sc(N)nc1[C@H]1CC[C@H](c2ccccc2C(N)=O)[C@@H](C)C1. The third-order valence-electron chi connectivity index (χ3n) is 5.03. The molecule has 122 valence electrons. The lowest BCUT2D eigenvalue weighted by molar-refractivity contribution is 0.0998. The molecule has 1 fully saturated rings. The normalized spacial score (nSPS) is 24.5. The van der Waals surface area contributed by atoms with Crippen molar-refractivity contribution in [1.29, 1.82) is 0 Å². The first-order valence-electron chi connectivity index (χ1n) is 8.09. The van der Waals surface area contributed by atoms with Gasteiger partial charge in [-0.05, 0) is 49.7 Å². The summed E-state index contributed by atoms with van der Waals surface area (Å²) in [6.07, 6.45) is 3.20. The summed E-state index contributed by atoms with van der Waals surface area (Å²) in [5.41, 5.74) is 14.3. The third kappa shape index (κ3) is 3.11. The predicted molar refractivity (Wildman–Crippen MR) is 94.7 cm³/mol. The molecule has 1 aliphatic carbocycles. The first-order chi connectivity index (χ1) is 11.0. The average Bonchev–Trinajstić information content (AvgIpc) is 2.86. The molecule has 4 nitrogen and oxygen atoms in total. The molecule has 1 amide bonds. The Morgan fingerprint density at radius 1 is 1.30 bits per heavy atom. The van der Waals surface area contributed by atoms with E-state index in [9.17, 15) is 4.79 Å². The molecule has 1 aromatic carbocycles. The van der Waals surface area contributed by atoms with Gasteiger partial charge in [0.1, 0.15) is 0 Å². The van der Waals surface area contributed by atoms with Gasteiger partial charge in [-0.15, -0.1) is 11.3 Å². The van der Waals surface area contributed by atoms with Gasteiger partial charge in [-0.25, -0.2) is 4.98 Å². The number of thiazole rings is 1. The van der Waals surface area contributed by atoms with E-state index >= 15 is 0 Å². The van der Waals surface area contributed by atoms with E-state index < -0.39 is 0 Å². The smallest absolute Gasteiger partial charge is 0.248 e. The molecular formula is C18H23N3OS. The zero-order valence-corrected chi connectivity index (χ0v) is 14.4. The zero-order chi connectivity index (χ0) is 16.6. The number of hydrogen-bond donors (Lipinski definition) is 2. The van der Waals surface area contributed by atoms with Crippen LogP contribution in [-0.2, 0) is 0 Å². The molecule has 4 N–H and O–H groups in total. The molecule has 0 spiro atoms. The molecule has 0 bridgehead atoms. The Balaban J connectivity index is 1.82. The van der Waals surface area contributed by atoms with Crippen LogP contribution < -0.4 is 11.5 Å². The molecule has 1 heterocycles. The van der Waals surface area contributed by atoms with Crippen molar-refractivity contribution in [3.05, 3.63) is 46.0 Å². The van der Waals surface area contributed by atoms with Crippen molar-refractivity contribution < 1.29 is 4.79 Å². The lowest BCUT2D eigenvalue weighted by atomic mass is 9.70. The predicted octanol–water partition coefficient (Wildman–Crippen LogP) is 3.82. The van der Waals surface area contributed by atoms with Gasteiger partial charge >= 0.3 is 0 Å². The summed E-state index contributed by atoms with van der Waals surface area (Å²) in [4.78, 5) is 17.5. The molecule has 1 saturated carbocycles. The van der Waals surface area contributed by atoms with Crippen molar-refractivity contribution in [2.24, 2.45) is 11.7 Å². The minimum absolute atomic E-state index is 0.335. The van der Waals surface area contributed by atoms with Gasteiger partial charge in [-0.3, -0.25) is 4.79 Å². The number of aromatic nitrogens is 1. The summed E-state index contributed by atoms with van der Waals surface area (Å²) in [5.74, 6) is 0.997. The molecule has 3 rings (SSSR count). The monoisotopic (exact) mass is 329 g/mol. The highest BCUT2D eigenvalue weighted by molar-refractivity contribution is 7.15. The van der Waals surface area contributed by atoms with Gasteiger partial charge < -0.3 is 11.5 Å². The summed E-state index contributed by atoms with van der Waals surface area (Å²) >= 11 is 1.57. The van der Waals surface area contributed by atoms with E-state index in [4.69, 9.17) is 11.5 Å². The van der Waals surface area contributed by atoms with Crippen molar-refractivity contribution in [3.63, 3.8) is 0 Å². The zero-order valence-electron chi connectivity index (χ0n) is 13.6. The fourth-order valence-electron chi connectivity index (χ4n) is 3.96. The second kappa shape index (κ2) is 6.32. The van der Waals surface area contributed by atoms with Gasteiger partial charge in [0.05, 0.1) is 5.69 Å². The standard InChI is InChI=1S/C18H23N3OS/c1-10-9-12(16-11(2)23-18(20)21-16)7-8-13(10)14-5-3-4-6-15(14)17(19)22/h3-6,10,12-13H,7-9H2,1-2H3,(H2,19,22)(H2,20,21)/t10-,12-,13-/m0/s1. The van der Waals surface area contributed by atoms with Crippen molar-refractivity contribution >= 4 is 22.4 Å². The van der Waals surface area contributed by atoms with Gasteiger partial charge in [0.2, 0.25) is 5.91 Å². The fraction of sp³-hybridized carbons (Fsp3) is 0.444. The molecule has 2 aromatic rings. The summed E-state index contributed by atoms with van der Waals surface area (Å²) < 4.78 is 0. The second-order valence-electron chi connectivity index (χ2n) is 6.54. The molecule has 0 aliphatic heterocycles. The Hall–Kier alpha value is -1.88. The Morgan fingerprint density at radius 2 is 2.04 bits per heavy atom. The minimum Gasteiger partial charge on any atom is -0.375 e. The number of carbonyl (C=O) groups excluding carboxylic acids is 1. The van der Waals surface area contributed by atoms with Gasteiger partial charge in [-0.2, -0.15) is 0 Å². The van der Waals surface area contributed by atoms with Gasteiger partial charge in [0.25, 0.3) is 0 Å². The van der Waals surface area contributed by atoms with Crippen LogP contribution in [0.3, 0.4) is 0 Å². The Kier molecular flexibility index (Phi) is 4.39. The average molecular weight is 329 g/mol. The van der Waals surface area contributed by atoms with Crippen LogP contribution >= 0.6 is 11.3 Å². The van der Waals surface area contributed by atoms with E-state index in [1.807, 2.05) is 24.3 Å². The maximum atomic E-state index is 11.7. The van der Waals surface area contributed by atoms with Crippen LogP contribution in [0, 0.1) is 12.8 Å². The number of carbonyl (C=O) groups is 1. The largest absolute Gasteiger partial charge is 0.375 e. The maximum Gasteiger partial charge on any atom is 0.248 e. The molecular weight excluding hydrogens is 306 g/mol. The first kappa shape index (κ1) is 16.0. The minimum atomic E-state index is -0.335. The number of rotatable bonds is 3. The fourth-order valence-corrected chi connectivity index (χ4v) is 4.73. The lowest BCUT2D eigenvalue weighted by Crippen LogP contribution is -2.24. The van der Waals surface area contributed by atoms with Gasteiger partial charge in [0, 0.05) is 16.4 Å². The van der Waals surface area contributed by atoms with Crippen LogP contribution in [0.1, 0.15) is 64.5 Å². The molecule has 0 saturated heterocycles. The van der Waals surface area contributed by atoms with Crippen LogP contribution in [0.25, 0.3) is 0 Å². The Labute approximate surface area is 140 Å². The summed E-state index contributed by atoms with van der Waals surface area (Å²) in [6.45, 7) is 4.36. The first-order valence-corrected chi connectivity index (χ1v) is 8.90. The molecule has 0 radical (unpaired) electrons. The van der Waals surface area contributed by atoms with Gasteiger partial charge in [0.15, 0.2) is 5.13 Å². The van der Waals surface area contributed by atoms with E-state index in [0.717, 1.165) is 24.8 Å². The van der Waals surface area contributed by atoms with E-state index in [1.165, 1.54) is 10.6 Å². The number of aryl methyl sites for hydroxylation is 1. The Morgan fingerprint density at radius 3 is 2.65 bits per heavy atom. The van der Waals surface area contributed by atoms with E-state index in [-0.39, 0.29) is 5.91 Å². The molecule has 1 aromatic heterocycles. The number of benzene rings is 1. The highest BCUT2D eigenvalue weighted by Gasteiger charge is 2.32. The number of nitrogens with zero attached hydrogens (tertiary/aromatic N) is 1. The van der Waals surface area contributed by atoms with Crippen LogP contribution in [0.4, 0.5) is 5.13 Å². The molecule has 5 heteroatoms. The Bertz CT molecular complexity index is 725. The molecule has 0 unspecified atom stereocenters. The highest BCUT2D eigenvalue weighted by Crippen LogP contribution is 2.46. The topological polar surface area (TPSA) is 82.0 Å². The quantitative estimate of drug-likeness (QED) is 0.898. The second-order valence-corrected chi connectivity index (χ2v) is 7.77. The number of hydrogen-bond acceptors (Lipinski definition) is 4. The number of anilines is 1. The van der Waals surface area contributed by atoms with Crippen LogP contribution in [-0.4, -0.2) is 10.9 Å². The number of amides is 1. The van der Waals surface area contributed by atoms with E-state index in [0.29, 0.717) is 28.4 Å².